The fraction of sp³-hybridized carbons (Fsp3) is 0.417. The highest BCUT2D eigenvalue weighted by Crippen LogP contribution is 2.31. The molecule has 2 N–H and O–H groups in total. The fourth-order valence-electron chi connectivity index (χ4n) is 1.98. The fourth-order valence-corrected chi connectivity index (χ4v) is 3.66. The second-order valence-electron chi connectivity index (χ2n) is 4.57. The lowest BCUT2D eigenvalue weighted by atomic mass is 10.0. The molecule has 2 rings (SSSR count). The Hall–Kier alpha value is -1.54. The van der Waals surface area contributed by atoms with Crippen molar-refractivity contribution in [3.63, 3.8) is 0 Å². The maximum Gasteiger partial charge on any atom is 0.344 e. The molecule has 0 spiro atoms. The first-order valence-electron chi connectivity index (χ1n) is 6.05. The van der Waals surface area contributed by atoms with E-state index in [1.165, 1.54) is 0 Å². The van der Waals surface area contributed by atoms with Gasteiger partial charge in [-0.1, -0.05) is 31.7 Å². The van der Waals surface area contributed by atoms with Crippen molar-refractivity contribution in [1.29, 1.82) is 0 Å². The molecule has 0 bridgehead atoms. The number of carbonyl (C=O) groups is 1. The quantitative estimate of drug-likeness (QED) is 0.797. The molecule has 0 saturated heterocycles. The maximum absolute atomic E-state index is 12.0. The number of aromatic nitrogens is 3. The van der Waals surface area contributed by atoms with Crippen molar-refractivity contribution < 1.29 is 9.90 Å². The zero-order valence-electron chi connectivity index (χ0n) is 11.1. The third kappa shape index (κ3) is 3.13. The Kier molecular flexibility index (Phi) is 4.66. The molecule has 0 aliphatic rings. The van der Waals surface area contributed by atoms with E-state index in [9.17, 15) is 9.59 Å². The number of hydrogen-bond donors (Lipinski definition) is 2. The third-order valence-corrected chi connectivity index (χ3v) is 4.62. The van der Waals surface area contributed by atoms with Crippen LogP contribution >= 0.6 is 23.1 Å². The van der Waals surface area contributed by atoms with Gasteiger partial charge in [0.1, 0.15) is 0 Å². The minimum absolute atomic E-state index is 0.125. The summed E-state index contributed by atoms with van der Waals surface area (Å²) in [5, 5.41) is 17.5. The number of thiophene rings is 1. The molecule has 0 amide bonds. The summed E-state index contributed by atoms with van der Waals surface area (Å²) in [7, 11) is 0. The highest BCUT2D eigenvalue weighted by Gasteiger charge is 2.25. The standard InChI is InChI=1S/C12H15N3O3S2/c1-7(2)10(8-4-3-5-19-8)15-11(18)13-14-12(15)20-6-9(16)17/h3-5,7,10H,6H2,1-2H3,(H,13,18)(H,16,17). The lowest BCUT2D eigenvalue weighted by Gasteiger charge is -2.21. The molecule has 108 valence electrons. The van der Waals surface area contributed by atoms with Gasteiger partial charge in [0.05, 0.1) is 11.8 Å². The van der Waals surface area contributed by atoms with Gasteiger partial charge in [-0.25, -0.2) is 9.89 Å². The van der Waals surface area contributed by atoms with Gasteiger partial charge in [0.15, 0.2) is 5.16 Å². The SMILES string of the molecule is CC(C)C(c1cccs1)n1c(SCC(=O)O)n[nH]c1=O. The van der Waals surface area contributed by atoms with E-state index in [0.717, 1.165) is 16.6 Å². The molecule has 2 aromatic heterocycles. The van der Waals surface area contributed by atoms with Crippen molar-refractivity contribution in [2.45, 2.75) is 25.0 Å². The van der Waals surface area contributed by atoms with E-state index in [0.29, 0.717) is 5.16 Å². The summed E-state index contributed by atoms with van der Waals surface area (Å²) < 4.78 is 1.55. The molecule has 0 aliphatic heterocycles. The normalized spacial score (nSPS) is 12.8. The number of carboxylic acids is 1. The van der Waals surface area contributed by atoms with Gasteiger partial charge < -0.3 is 5.11 Å². The molecular weight excluding hydrogens is 298 g/mol. The average molecular weight is 313 g/mol. The molecule has 0 radical (unpaired) electrons. The molecule has 1 unspecified atom stereocenters. The van der Waals surface area contributed by atoms with E-state index in [1.807, 2.05) is 31.4 Å². The first-order chi connectivity index (χ1) is 9.50. The van der Waals surface area contributed by atoms with Gasteiger partial charge in [-0.15, -0.1) is 16.4 Å². The van der Waals surface area contributed by atoms with Gasteiger partial charge >= 0.3 is 11.7 Å². The molecule has 0 aromatic carbocycles. The monoisotopic (exact) mass is 313 g/mol. The van der Waals surface area contributed by atoms with Crippen molar-refractivity contribution >= 4 is 29.1 Å². The van der Waals surface area contributed by atoms with Crippen LogP contribution in [0.1, 0.15) is 24.8 Å². The van der Waals surface area contributed by atoms with Crippen molar-refractivity contribution in [2.75, 3.05) is 5.75 Å². The van der Waals surface area contributed by atoms with E-state index < -0.39 is 5.97 Å². The van der Waals surface area contributed by atoms with Crippen LogP contribution in [0.2, 0.25) is 0 Å². The summed E-state index contributed by atoms with van der Waals surface area (Å²) in [5.74, 6) is -0.873. The Balaban J connectivity index is 2.41. The number of carboxylic acid groups (broad SMARTS) is 1. The van der Waals surface area contributed by atoms with Crippen molar-refractivity contribution in [3.05, 3.63) is 32.9 Å². The number of hydrogen-bond acceptors (Lipinski definition) is 5. The van der Waals surface area contributed by atoms with E-state index in [1.54, 1.807) is 15.9 Å². The van der Waals surface area contributed by atoms with Gasteiger partial charge in [-0.05, 0) is 17.4 Å². The molecule has 20 heavy (non-hydrogen) atoms. The minimum atomic E-state index is -0.936. The Morgan fingerprint density at radius 1 is 1.60 bits per heavy atom. The van der Waals surface area contributed by atoms with E-state index in [-0.39, 0.29) is 23.4 Å². The molecule has 6 nitrogen and oxygen atoms in total. The van der Waals surface area contributed by atoms with Crippen LogP contribution in [0.3, 0.4) is 0 Å². The summed E-state index contributed by atoms with van der Waals surface area (Å²) in [6.45, 7) is 4.05. The number of rotatable bonds is 6. The van der Waals surface area contributed by atoms with Crippen LogP contribution in [-0.2, 0) is 4.79 Å². The number of thioether (sulfide) groups is 1. The topological polar surface area (TPSA) is 88.0 Å². The van der Waals surface area contributed by atoms with Crippen LogP contribution in [-0.4, -0.2) is 31.6 Å². The molecule has 0 aliphatic carbocycles. The van der Waals surface area contributed by atoms with Crippen LogP contribution in [0, 0.1) is 5.92 Å². The molecule has 1 atom stereocenters. The number of aliphatic carboxylic acids is 1. The number of nitrogens with zero attached hydrogens (tertiary/aromatic N) is 2. The average Bonchev–Trinajstić information content (AvgIpc) is 2.99. The predicted molar refractivity (Wildman–Crippen MR) is 78.5 cm³/mol. The predicted octanol–water partition coefficient (Wildman–Crippen LogP) is 2.05. The molecular formula is C12H15N3O3S2. The van der Waals surface area contributed by atoms with Crippen molar-refractivity contribution in [2.24, 2.45) is 5.92 Å². The maximum atomic E-state index is 12.0. The summed E-state index contributed by atoms with van der Waals surface area (Å²) in [6.07, 6.45) is 0. The van der Waals surface area contributed by atoms with Gasteiger partial charge in [0.25, 0.3) is 0 Å². The number of aromatic amines is 1. The van der Waals surface area contributed by atoms with Crippen molar-refractivity contribution in [1.82, 2.24) is 14.8 Å². The van der Waals surface area contributed by atoms with Gasteiger partial charge in [-0.2, -0.15) is 0 Å². The summed E-state index contributed by atoms with van der Waals surface area (Å²) in [6, 6.07) is 3.77. The first-order valence-corrected chi connectivity index (χ1v) is 7.92. The highest BCUT2D eigenvalue weighted by molar-refractivity contribution is 7.99. The van der Waals surface area contributed by atoms with Crippen LogP contribution in [0.15, 0.2) is 27.5 Å². The summed E-state index contributed by atoms with van der Waals surface area (Å²) in [4.78, 5) is 23.7. The van der Waals surface area contributed by atoms with Gasteiger partial charge in [0, 0.05) is 4.88 Å². The lowest BCUT2D eigenvalue weighted by Crippen LogP contribution is -2.27. The van der Waals surface area contributed by atoms with Crippen LogP contribution in [0.25, 0.3) is 0 Å². The van der Waals surface area contributed by atoms with Crippen molar-refractivity contribution in [3.8, 4) is 0 Å². The van der Waals surface area contributed by atoms with Gasteiger partial charge in [-0.3, -0.25) is 9.36 Å². The number of H-pyrrole nitrogens is 1. The molecule has 0 saturated carbocycles. The largest absolute Gasteiger partial charge is 0.481 e. The Labute approximate surface area is 123 Å². The third-order valence-electron chi connectivity index (χ3n) is 2.74. The number of nitrogens with one attached hydrogen (secondary N) is 1. The molecule has 2 aromatic rings. The van der Waals surface area contributed by atoms with Crippen LogP contribution in [0.5, 0.6) is 0 Å². The second-order valence-corrected chi connectivity index (χ2v) is 6.49. The first kappa shape index (κ1) is 14.9. The van der Waals surface area contributed by atoms with Crippen LogP contribution < -0.4 is 5.69 Å². The Bertz CT molecular complexity index is 631. The lowest BCUT2D eigenvalue weighted by molar-refractivity contribution is -0.133. The molecule has 8 heteroatoms. The zero-order chi connectivity index (χ0) is 14.7. The van der Waals surface area contributed by atoms with Gasteiger partial charge in [0.2, 0.25) is 0 Å². The smallest absolute Gasteiger partial charge is 0.344 e. The summed E-state index contributed by atoms with van der Waals surface area (Å²) in [5.41, 5.74) is -0.315. The Morgan fingerprint density at radius 2 is 2.35 bits per heavy atom. The molecule has 2 heterocycles. The highest BCUT2D eigenvalue weighted by atomic mass is 32.2. The summed E-state index contributed by atoms with van der Waals surface area (Å²) >= 11 is 2.62. The molecule has 0 fully saturated rings. The second kappa shape index (κ2) is 6.27. The van der Waals surface area contributed by atoms with Crippen LogP contribution in [0.4, 0.5) is 0 Å². The van der Waals surface area contributed by atoms with E-state index >= 15 is 0 Å². The van der Waals surface area contributed by atoms with E-state index in [2.05, 4.69) is 10.2 Å². The van der Waals surface area contributed by atoms with E-state index in [4.69, 9.17) is 5.11 Å². The zero-order valence-corrected chi connectivity index (χ0v) is 12.7. The minimum Gasteiger partial charge on any atom is -0.481 e. The Morgan fingerprint density at radius 3 is 2.90 bits per heavy atom.